The fourth-order valence-electron chi connectivity index (χ4n) is 5.98. The molecule has 2 unspecified atom stereocenters. The highest BCUT2D eigenvalue weighted by Gasteiger charge is 2.45. The van der Waals surface area contributed by atoms with Crippen molar-refractivity contribution >= 4 is 29.2 Å². The van der Waals surface area contributed by atoms with Gasteiger partial charge >= 0.3 is 0 Å². The molecule has 0 spiro atoms. The third kappa shape index (κ3) is 5.32. The summed E-state index contributed by atoms with van der Waals surface area (Å²) in [5.41, 5.74) is 7.73. The van der Waals surface area contributed by atoms with Crippen LogP contribution >= 0.6 is 15.9 Å². The lowest BCUT2D eigenvalue weighted by Gasteiger charge is -2.39. The second-order valence-electron chi connectivity index (χ2n) is 10.1. The number of fused-ring (bicyclic) bond motifs is 3. The highest BCUT2D eigenvalue weighted by Crippen LogP contribution is 2.56. The van der Waals surface area contributed by atoms with E-state index in [4.69, 9.17) is 0 Å². The highest BCUT2D eigenvalue weighted by molar-refractivity contribution is 9.10. The van der Waals surface area contributed by atoms with E-state index in [0.717, 1.165) is 11.8 Å². The SMILES string of the molecule is Bc1ccc2c(c1)C(CC(CC)CCCC)(CC(CC)CCCC)c1cc(Br)ccc1-2. The summed E-state index contributed by atoms with van der Waals surface area (Å²) in [5, 5.41) is 0. The fourth-order valence-corrected chi connectivity index (χ4v) is 6.34. The van der Waals surface area contributed by atoms with Crippen LogP contribution in [0.15, 0.2) is 40.9 Å². The number of rotatable bonds is 12. The van der Waals surface area contributed by atoms with Gasteiger partial charge in [0.1, 0.15) is 7.85 Å². The smallest absolute Gasteiger partial charge is 0.0886 e. The number of hydrogen-bond donors (Lipinski definition) is 0. The summed E-state index contributed by atoms with van der Waals surface area (Å²) in [6.07, 6.45) is 13.2. The van der Waals surface area contributed by atoms with Crippen LogP contribution in [-0.2, 0) is 5.41 Å². The normalized spacial score (nSPS) is 19.1. The largest absolute Gasteiger partial charge is 0.139 e. The van der Waals surface area contributed by atoms with Crippen LogP contribution in [0.1, 0.15) is 103 Å². The van der Waals surface area contributed by atoms with Crippen LogP contribution in [0.25, 0.3) is 11.1 Å². The van der Waals surface area contributed by atoms with E-state index in [0.29, 0.717) is 0 Å². The van der Waals surface area contributed by atoms with Gasteiger partial charge in [0.25, 0.3) is 0 Å². The Labute approximate surface area is 201 Å². The van der Waals surface area contributed by atoms with Crippen molar-refractivity contribution in [3.63, 3.8) is 0 Å². The molecule has 0 saturated carbocycles. The van der Waals surface area contributed by atoms with Crippen LogP contribution in [-0.4, -0.2) is 7.85 Å². The quantitative estimate of drug-likeness (QED) is 0.268. The topological polar surface area (TPSA) is 0 Å². The van der Waals surface area contributed by atoms with Gasteiger partial charge < -0.3 is 0 Å². The van der Waals surface area contributed by atoms with Crippen LogP contribution in [0.4, 0.5) is 0 Å². The van der Waals surface area contributed by atoms with Gasteiger partial charge in [-0.1, -0.05) is 125 Å². The first-order chi connectivity index (χ1) is 15.0. The summed E-state index contributed by atoms with van der Waals surface area (Å²) < 4.78 is 1.23. The van der Waals surface area contributed by atoms with Crippen LogP contribution in [0.3, 0.4) is 0 Å². The molecule has 0 N–H and O–H groups in total. The molecule has 0 aromatic heterocycles. The van der Waals surface area contributed by atoms with E-state index in [9.17, 15) is 0 Å². The summed E-state index contributed by atoms with van der Waals surface area (Å²) in [7, 11) is 2.27. The lowest BCUT2D eigenvalue weighted by Crippen LogP contribution is -2.32. The van der Waals surface area contributed by atoms with Gasteiger partial charge in [-0.25, -0.2) is 0 Å². The highest BCUT2D eigenvalue weighted by atomic mass is 79.9. The number of hydrogen-bond acceptors (Lipinski definition) is 0. The van der Waals surface area contributed by atoms with E-state index >= 15 is 0 Å². The van der Waals surface area contributed by atoms with Gasteiger partial charge in [-0.15, -0.1) is 0 Å². The molecule has 2 atom stereocenters. The first-order valence-corrected chi connectivity index (χ1v) is 13.7. The Morgan fingerprint density at radius 2 is 1.29 bits per heavy atom. The van der Waals surface area contributed by atoms with E-state index in [1.807, 2.05) is 0 Å². The minimum absolute atomic E-state index is 0.156. The molecule has 0 aliphatic heterocycles. The zero-order chi connectivity index (χ0) is 22.4. The van der Waals surface area contributed by atoms with Gasteiger partial charge in [0.2, 0.25) is 0 Å². The van der Waals surface area contributed by atoms with E-state index in [1.54, 1.807) is 11.1 Å². The summed E-state index contributed by atoms with van der Waals surface area (Å²) in [5.74, 6) is 1.59. The van der Waals surface area contributed by atoms with Crippen molar-refractivity contribution < 1.29 is 0 Å². The molecular formula is C29H42BBr. The zero-order valence-corrected chi connectivity index (χ0v) is 22.2. The lowest BCUT2D eigenvalue weighted by atomic mass is 9.64. The molecule has 31 heavy (non-hydrogen) atoms. The Hall–Kier alpha value is -1.02. The van der Waals surface area contributed by atoms with Crippen molar-refractivity contribution in [1.29, 1.82) is 0 Å². The van der Waals surface area contributed by atoms with Crippen molar-refractivity contribution in [2.45, 2.75) is 97.3 Å². The summed E-state index contributed by atoms with van der Waals surface area (Å²) in [6, 6.07) is 14.3. The number of benzene rings is 2. The van der Waals surface area contributed by atoms with Crippen molar-refractivity contribution in [2.24, 2.45) is 11.8 Å². The van der Waals surface area contributed by atoms with Crippen molar-refractivity contribution in [3.05, 3.63) is 52.0 Å². The van der Waals surface area contributed by atoms with Gasteiger partial charge in [-0.3, -0.25) is 0 Å². The molecule has 0 amide bonds. The van der Waals surface area contributed by atoms with Gasteiger partial charge in [0.05, 0.1) is 0 Å². The second-order valence-corrected chi connectivity index (χ2v) is 11.0. The Kier molecular flexibility index (Phi) is 8.91. The molecule has 0 bridgehead atoms. The van der Waals surface area contributed by atoms with E-state index in [-0.39, 0.29) is 5.41 Å². The molecule has 1 aliphatic carbocycles. The maximum Gasteiger partial charge on any atom is 0.139 e. The van der Waals surface area contributed by atoms with Crippen molar-refractivity contribution in [3.8, 4) is 11.1 Å². The average molecular weight is 481 g/mol. The van der Waals surface area contributed by atoms with Crippen LogP contribution in [0, 0.1) is 11.8 Å². The van der Waals surface area contributed by atoms with Crippen molar-refractivity contribution in [2.75, 3.05) is 0 Å². The molecule has 168 valence electrons. The lowest BCUT2D eigenvalue weighted by molar-refractivity contribution is 0.266. The molecule has 0 fully saturated rings. The standard InChI is InChI=1S/C29H42BBr/c1-5-9-11-21(7-3)19-29(20-22(8-4)12-10-6-2)27-17-23(30)13-15-25(27)26-16-14-24(31)18-28(26)29/h13-18,21-22H,5-12,19-20,30H2,1-4H3. The Bertz CT molecular complexity index is 784. The predicted octanol–water partition coefficient (Wildman–Crippen LogP) is 8.19. The molecule has 2 aromatic carbocycles. The molecule has 2 aromatic rings. The molecule has 1 aliphatic rings. The molecule has 2 heteroatoms. The molecule has 0 heterocycles. The van der Waals surface area contributed by atoms with Gasteiger partial charge in [-0.05, 0) is 59.1 Å². The Balaban J connectivity index is 2.16. The molecule has 0 saturated heterocycles. The molecule has 3 rings (SSSR count). The summed E-state index contributed by atoms with van der Waals surface area (Å²) >= 11 is 3.83. The van der Waals surface area contributed by atoms with E-state index < -0.39 is 0 Å². The Morgan fingerprint density at radius 1 is 0.774 bits per heavy atom. The first-order valence-electron chi connectivity index (χ1n) is 12.9. The minimum Gasteiger partial charge on any atom is -0.0886 e. The first kappa shape index (κ1) is 24.6. The molecular weight excluding hydrogens is 439 g/mol. The maximum atomic E-state index is 3.83. The predicted molar refractivity (Wildman–Crippen MR) is 144 cm³/mol. The third-order valence-corrected chi connectivity index (χ3v) is 8.33. The summed E-state index contributed by atoms with van der Waals surface area (Å²) in [6.45, 7) is 9.49. The molecule has 0 radical (unpaired) electrons. The van der Waals surface area contributed by atoms with Crippen molar-refractivity contribution in [1.82, 2.24) is 0 Å². The van der Waals surface area contributed by atoms with Gasteiger partial charge in [-0.2, -0.15) is 0 Å². The number of unbranched alkanes of at least 4 members (excludes halogenated alkanes) is 2. The van der Waals surface area contributed by atoms with Crippen LogP contribution in [0.5, 0.6) is 0 Å². The third-order valence-electron chi connectivity index (χ3n) is 7.84. The molecule has 0 nitrogen and oxygen atoms in total. The fraction of sp³-hybridized carbons (Fsp3) is 0.586. The summed E-state index contributed by atoms with van der Waals surface area (Å²) in [4.78, 5) is 0. The minimum atomic E-state index is 0.156. The van der Waals surface area contributed by atoms with Gasteiger partial charge in [0, 0.05) is 9.89 Å². The van der Waals surface area contributed by atoms with E-state index in [2.05, 4.69) is 87.9 Å². The maximum absolute atomic E-state index is 3.83. The van der Waals surface area contributed by atoms with E-state index in [1.165, 1.54) is 85.3 Å². The average Bonchev–Trinajstić information content (AvgIpc) is 3.02. The second kappa shape index (κ2) is 11.2. The van der Waals surface area contributed by atoms with Crippen LogP contribution in [0.2, 0.25) is 0 Å². The number of halogens is 1. The zero-order valence-electron chi connectivity index (χ0n) is 20.6. The Morgan fingerprint density at radius 3 is 1.81 bits per heavy atom. The van der Waals surface area contributed by atoms with Gasteiger partial charge in [0.15, 0.2) is 0 Å². The monoisotopic (exact) mass is 480 g/mol. The van der Waals surface area contributed by atoms with Crippen LogP contribution < -0.4 is 5.46 Å².